The van der Waals surface area contributed by atoms with Gasteiger partial charge < -0.3 is 4.57 Å². The van der Waals surface area contributed by atoms with Gasteiger partial charge in [0.15, 0.2) is 0 Å². The van der Waals surface area contributed by atoms with Gasteiger partial charge in [-0.15, -0.1) is 11.6 Å². The van der Waals surface area contributed by atoms with Gasteiger partial charge in [0.2, 0.25) is 0 Å². The molecule has 0 saturated carbocycles. The number of hydrogen-bond donors (Lipinski definition) is 0. The van der Waals surface area contributed by atoms with E-state index in [1.807, 2.05) is 19.4 Å². The Morgan fingerprint density at radius 1 is 1.54 bits per heavy atom. The minimum absolute atomic E-state index is 0.216. The van der Waals surface area contributed by atoms with Crippen LogP contribution in [0.2, 0.25) is 0 Å². The Bertz CT molecular complexity index is 266. The summed E-state index contributed by atoms with van der Waals surface area (Å²) in [6, 6.07) is 0. The van der Waals surface area contributed by atoms with Gasteiger partial charge in [-0.2, -0.15) is 0 Å². The summed E-state index contributed by atoms with van der Waals surface area (Å²) < 4.78 is 2.06. The highest BCUT2D eigenvalue weighted by Crippen LogP contribution is 2.23. The Balaban J connectivity index is 2.48. The van der Waals surface area contributed by atoms with E-state index in [9.17, 15) is 0 Å². The molecule has 0 unspecified atom stereocenters. The highest BCUT2D eigenvalue weighted by Gasteiger charge is 2.16. The van der Waals surface area contributed by atoms with Gasteiger partial charge in [-0.25, -0.2) is 4.98 Å². The fourth-order valence-electron chi connectivity index (χ4n) is 1.15. The smallest absolute Gasteiger partial charge is 0.108 e. The number of aromatic nitrogens is 2. The van der Waals surface area contributed by atoms with Crippen molar-refractivity contribution in [2.75, 3.05) is 5.88 Å². The number of imidazole rings is 1. The predicted molar refractivity (Wildman–Crippen MR) is 56.0 cm³/mol. The second kappa shape index (κ2) is 4.14. The zero-order valence-electron chi connectivity index (χ0n) is 8.55. The molecule has 1 rings (SSSR count). The number of aryl methyl sites for hydroxylation is 2. The highest BCUT2D eigenvalue weighted by atomic mass is 35.5. The van der Waals surface area contributed by atoms with Gasteiger partial charge in [-0.05, 0) is 11.8 Å². The van der Waals surface area contributed by atoms with Crippen molar-refractivity contribution in [3.8, 4) is 0 Å². The van der Waals surface area contributed by atoms with Crippen molar-refractivity contribution in [1.82, 2.24) is 9.55 Å². The third-order valence-corrected chi connectivity index (χ3v) is 3.03. The summed E-state index contributed by atoms with van der Waals surface area (Å²) in [6.45, 7) is 4.37. The van der Waals surface area contributed by atoms with Crippen LogP contribution in [0.25, 0.3) is 0 Å². The molecule has 74 valence electrons. The zero-order chi connectivity index (χ0) is 9.90. The lowest BCUT2D eigenvalue weighted by Crippen LogP contribution is -2.15. The van der Waals surface area contributed by atoms with Gasteiger partial charge in [0.05, 0.1) is 0 Å². The second-order valence-electron chi connectivity index (χ2n) is 4.25. The van der Waals surface area contributed by atoms with E-state index in [1.165, 1.54) is 0 Å². The van der Waals surface area contributed by atoms with Gasteiger partial charge in [0.25, 0.3) is 0 Å². The number of alkyl halides is 1. The molecule has 1 heterocycles. The average Bonchev–Trinajstić information content (AvgIpc) is 2.48. The second-order valence-corrected chi connectivity index (χ2v) is 4.52. The molecule has 0 fully saturated rings. The summed E-state index contributed by atoms with van der Waals surface area (Å²) in [5, 5.41) is 0. The molecule has 0 saturated heterocycles. The van der Waals surface area contributed by atoms with E-state index in [0.29, 0.717) is 5.88 Å². The van der Waals surface area contributed by atoms with Crippen LogP contribution in [-0.2, 0) is 13.5 Å². The molecule has 13 heavy (non-hydrogen) atoms. The van der Waals surface area contributed by atoms with Gasteiger partial charge in [0, 0.05) is 31.7 Å². The Morgan fingerprint density at radius 2 is 2.23 bits per heavy atom. The molecule has 1 aromatic heterocycles. The third-order valence-electron chi connectivity index (χ3n) is 2.31. The van der Waals surface area contributed by atoms with Crippen LogP contribution in [0.3, 0.4) is 0 Å². The lowest BCUT2D eigenvalue weighted by atomic mass is 9.90. The van der Waals surface area contributed by atoms with E-state index < -0.39 is 0 Å². The average molecular weight is 201 g/mol. The fourth-order valence-corrected chi connectivity index (χ4v) is 1.29. The van der Waals surface area contributed by atoms with Crippen LogP contribution in [0.15, 0.2) is 12.4 Å². The normalized spacial score (nSPS) is 12.0. The maximum Gasteiger partial charge on any atom is 0.108 e. The number of halogens is 1. The molecule has 0 aliphatic carbocycles. The SMILES string of the molecule is Cn1ccnc1CCC(C)(C)CCl. The van der Waals surface area contributed by atoms with Crippen LogP contribution in [0, 0.1) is 5.41 Å². The van der Waals surface area contributed by atoms with Crippen LogP contribution in [0.5, 0.6) is 0 Å². The predicted octanol–water partition coefficient (Wildman–Crippen LogP) is 2.62. The quantitative estimate of drug-likeness (QED) is 0.684. The molecule has 1 aromatic rings. The van der Waals surface area contributed by atoms with Crippen molar-refractivity contribution >= 4 is 11.6 Å². The molecular weight excluding hydrogens is 184 g/mol. The van der Waals surface area contributed by atoms with Crippen molar-refractivity contribution in [1.29, 1.82) is 0 Å². The first-order valence-corrected chi connectivity index (χ1v) is 5.11. The molecule has 0 aliphatic heterocycles. The molecular formula is C10H17ClN2. The Morgan fingerprint density at radius 3 is 2.69 bits per heavy atom. The van der Waals surface area contributed by atoms with E-state index in [-0.39, 0.29) is 5.41 Å². The number of nitrogens with zero attached hydrogens (tertiary/aromatic N) is 2. The van der Waals surface area contributed by atoms with Gasteiger partial charge in [-0.3, -0.25) is 0 Å². The number of hydrogen-bond acceptors (Lipinski definition) is 1. The molecule has 0 spiro atoms. The standard InChI is InChI=1S/C10H17ClN2/c1-10(2,8-11)5-4-9-12-6-7-13(9)3/h6-7H,4-5,8H2,1-3H3. The number of rotatable bonds is 4. The van der Waals surface area contributed by atoms with Crippen LogP contribution in [0.1, 0.15) is 26.1 Å². The van der Waals surface area contributed by atoms with E-state index in [2.05, 4.69) is 23.4 Å². The minimum Gasteiger partial charge on any atom is -0.338 e. The molecule has 0 N–H and O–H groups in total. The van der Waals surface area contributed by atoms with E-state index in [0.717, 1.165) is 18.7 Å². The van der Waals surface area contributed by atoms with Gasteiger partial charge >= 0.3 is 0 Å². The van der Waals surface area contributed by atoms with Crippen LogP contribution in [0.4, 0.5) is 0 Å². The Hall–Kier alpha value is -0.500. The third kappa shape index (κ3) is 3.03. The maximum atomic E-state index is 5.85. The summed E-state index contributed by atoms with van der Waals surface area (Å²) in [7, 11) is 2.02. The van der Waals surface area contributed by atoms with Crippen LogP contribution >= 0.6 is 11.6 Å². The monoisotopic (exact) mass is 200 g/mol. The van der Waals surface area contributed by atoms with Crippen molar-refractivity contribution in [3.05, 3.63) is 18.2 Å². The summed E-state index contributed by atoms with van der Waals surface area (Å²) in [4.78, 5) is 4.27. The van der Waals surface area contributed by atoms with Gasteiger partial charge in [-0.1, -0.05) is 13.8 Å². The first-order valence-electron chi connectivity index (χ1n) is 4.57. The summed E-state index contributed by atoms with van der Waals surface area (Å²) >= 11 is 5.85. The molecule has 0 aromatic carbocycles. The molecule has 0 radical (unpaired) electrons. The van der Waals surface area contributed by atoms with Crippen molar-refractivity contribution in [2.45, 2.75) is 26.7 Å². The van der Waals surface area contributed by atoms with E-state index >= 15 is 0 Å². The molecule has 0 bridgehead atoms. The lowest BCUT2D eigenvalue weighted by Gasteiger charge is -2.20. The van der Waals surface area contributed by atoms with Gasteiger partial charge in [0.1, 0.15) is 5.82 Å². The summed E-state index contributed by atoms with van der Waals surface area (Å²) in [5.41, 5.74) is 0.216. The largest absolute Gasteiger partial charge is 0.338 e. The highest BCUT2D eigenvalue weighted by molar-refractivity contribution is 6.18. The maximum absolute atomic E-state index is 5.85. The van der Waals surface area contributed by atoms with Crippen molar-refractivity contribution < 1.29 is 0 Å². The van der Waals surface area contributed by atoms with Crippen molar-refractivity contribution in [2.24, 2.45) is 12.5 Å². The fraction of sp³-hybridized carbons (Fsp3) is 0.700. The molecule has 0 atom stereocenters. The molecule has 0 amide bonds. The molecule has 3 heteroatoms. The van der Waals surface area contributed by atoms with Crippen LogP contribution < -0.4 is 0 Å². The molecule has 2 nitrogen and oxygen atoms in total. The Labute approximate surface area is 84.9 Å². The van der Waals surface area contributed by atoms with E-state index in [4.69, 9.17) is 11.6 Å². The lowest BCUT2D eigenvalue weighted by molar-refractivity contribution is 0.379. The zero-order valence-corrected chi connectivity index (χ0v) is 9.30. The topological polar surface area (TPSA) is 17.8 Å². The van der Waals surface area contributed by atoms with Crippen molar-refractivity contribution in [3.63, 3.8) is 0 Å². The summed E-state index contributed by atoms with van der Waals surface area (Å²) in [5.74, 6) is 1.84. The summed E-state index contributed by atoms with van der Waals surface area (Å²) in [6.07, 6.45) is 5.90. The molecule has 0 aliphatic rings. The first kappa shape index (κ1) is 10.6. The van der Waals surface area contributed by atoms with Crippen LogP contribution in [-0.4, -0.2) is 15.4 Å². The Kier molecular flexibility index (Phi) is 3.37. The van der Waals surface area contributed by atoms with E-state index in [1.54, 1.807) is 0 Å². The minimum atomic E-state index is 0.216. The first-order chi connectivity index (χ1) is 6.05.